The number of hydrogen-bond acceptors (Lipinski definition) is 4. The molecule has 0 bridgehead atoms. The summed E-state index contributed by atoms with van der Waals surface area (Å²) in [6, 6.07) is 10.3. The molecule has 0 unspecified atom stereocenters. The molecule has 3 rings (SSSR count). The van der Waals surface area contributed by atoms with Crippen molar-refractivity contribution in [3.8, 4) is 0 Å². The number of benzene rings is 1. The fourth-order valence-corrected chi connectivity index (χ4v) is 5.15. The number of rotatable bonds is 5. The lowest BCUT2D eigenvalue weighted by Gasteiger charge is -2.31. The largest absolute Gasteiger partial charge is 0.375 e. The van der Waals surface area contributed by atoms with E-state index in [4.69, 9.17) is 4.74 Å². The zero-order valence-electron chi connectivity index (χ0n) is 12.9. The summed E-state index contributed by atoms with van der Waals surface area (Å²) in [4.78, 5) is 2.33. The van der Waals surface area contributed by atoms with E-state index < -0.39 is 10.0 Å². The normalized spacial score (nSPS) is 31.6. The van der Waals surface area contributed by atoms with Gasteiger partial charge in [0.2, 0.25) is 10.0 Å². The Morgan fingerprint density at radius 1 is 1.32 bits per heavy atom. The Hall–Kier alpha value is -0.950. The summed E-state index contributed by atoms with van der Waals surface area (Å²) in [7, 11) is -3.17. The Balaban J connectivity index is 1.60. The molecular weight excluding hydrogens is 300 g/mol. The zero-order valence-corrected chi connectivity index (χ0v) is 13.8. The van der Waals surface area contributed by atoms with Crippen LogP contribution in [0.5, 0.6) is 0 Å². The molecule has 122 valence electrons. The summed E-state index contributed by atoms with van der Waals surface area (Å²) in [5.74, 6) is 0.191. The van der Waals surface area contributed by atoms with E-state index in [1.165, 1.54) is 0 Å². The third-order valence-corrected chi connectivity index (χ3v) is 6.07. The van der Waals surface area contributed by atoms with Gasteiger partial charge in [0.05, 0.1) is 25.0 Å². The van der Waals surface area contributed by atoms with Gasteiger partial charge in [-0.25, -0.2) is 13.1 Å². The molecule has 1 aromatic carbocycles. The molecule has 5 nitrogen and oxygen atoms in total. The zero-order chi connectivity index (χ0) is 15.6. The Bertz CT molecular complexity index is 591. The predicted octanol–water partition coefficient (Wildman–Crippen LogP) is 1.36. The van der Waals surface area contributed by atoms with E-state index in [1.807, 2.05) is 30.3 Å². The minimum Gasteiger partial charge on any atom is -0.375 e. The molecule has 2 aliphatic rings. The third-order valence-electron chi connectivity index (χ3n) is 4.62. The van der Waals surface area contributed by atoms with Gasteiger partial charge in [-0.1, -0.05) is 30.3 Å². The smallest absolute Gasteiger partial charge is 0.213 e. The first-order valence-electron chi connectivity index (χ1n) is 7.92. The Morgan fingerprint density at radius 2 is 2.09 bits per heavy atom. The van der Waals surface area contributed by atoms with Gasteiger partial charge in [-0.2, -0.15) is 0 Å². The molecule has 3 atom stereocenters. The highest BCUT2D eigenvalue weighted by Gasteiger charge is 2.42. The lowest BCUT2D eigenvalue weighted by Crippen LogP contribution is -2.48. The first-order valence-corrected chi connectivity index (χ1v) is 9.58. The van der Waals surface area contributed by atoms with Crippen LogP contribution in [0.1, 0.15) is 25.3 Å². The van der Waals surface area contributed by atoms with Crippen molar-refractivity contribution in [3.05, 3.63) is 35.9 Å². The van der Waals surface area contributed by atoms with E-state index in [0.717, 1.165) is 24.9 Å². The maximum absolute atomic E-state index is 12.0. The minimum atomic E-state index is -3.17. The standard InChI is InChI=1S/C16H24N2O3S/c1-13-6-5-9-18(13)16-12-22(19,20)17-15(16)11-21-10-14-7-3-2-4-8-14/h2-4,7-8,13,15-17H,5-6,9-12H2,1H3/t13-,15-,16+/m1/s1. The van der Waals surface area contributed by atoms with Crippen LogP contribution in [-0.4, -0.2) is 50.3 Å². The van der Waals surface area contributed by atoms with Gasteiger partial charge in [0.15, 0.2) is 0 Å². The SMILES string of the molecule is C[C@@H]1CCCN1[C@H]1CS(=O)(=O)N[C@@H]1COCc1ccccc1. The Morgan fingerprint density at radius 3 is 2.77 bits per heavy atom. The van der Waals surface area contributed by atoms with Crippen molar-refractivity contribution in [1.29, 1.82) is 0 Å². The van der Waals surface area contributed by atoms with Crippen LogP contribution in [0.15, 0.2) is 30.3 Å². The minimum absolute atomic E-state index is 0.0262. The fourth-order valence-electron chi connectivity index (χ4n) is 3.50. The van der Waals surface area contributed by atoms with Crippen LogP contribution in [0.4, 0.5) is 0 Å². The molecule has 0 amide bonds. The molecule has 0 radical (unpaired) electrons. The molecule has 0 saturated carbocycles. The molecule has 0 aliphatic carbocycles. The first kappa shape index (κ1) is 15.9. The van der Waals surface area contributed by atoms with Crippen molar-refractivity contribution in [1.82, 2.24) is 9.62 Å². The number of ether oxygens (including phenoxy) is 1. The second-order valence-corrected chi connectivity index (χ2v) is 8.10. The summed E-state index contributed by atoms with van der Waals surface area (Å²) < 4.78 is 32.4. The highest BCUT2D eigenvalue weighted by atomic mass is 32.2. The summed E-state index contributed by atoms with van der Waals surface area (Å²) >= 11 is 0. The summed E-state index contributed by atoms with van der Waals surface area (Å²) in [6.07, 6.45) is 2.30. The monoisotopic (exact) mass is 324 g/mol. The number of nitrogens with zero attached hydrogens (tertiary/aromatic N) is 1. The average molecular weight is 324 g/mol. The number of sulfonamides is 1. The van der Waals surface area contributed by atoms with Gasteiger partial charge in [0.1, 0.15) is 0 Å². The van der Waals surface area contributed by atoms with Gasteiger partial charge in [0, 0.05) is 12.1 Å². The highest BCUT2D eigenvalue weighted by molar-refractivity contribution is 7.89. The maximum Gasteiger partial charge on any atom is 0.213 e. The van der Waals surface area contributed by atoms with Crippen molar-refractivity contribution in [2.75, 3.05) is 18.9 Å². The molecule has 22 heavy (non-hydrogen) atoms. The maximum atomic E-state index is 12.0. The van der Waals surface area contributed by atoms with E-state index >= 15 is 0 Å². The van der Waals surface area contributed by atoms with Crippen LogP contribution in [0.25, 0.3) is 0 Å². The second-order valence-electron chi connectivity index (χ2n) is 6.30. The van der Waals surface area contributed by atoms with Crippen molar-refractivity contribution in [2.45, 2.75) is 44.5 Å². The van der Waals surface area contributed by atoms with Crippen LogP contribution in [-0.2, 0) is 21.4 Å². The third kappa shape index (κ3) is 3.68. The lowest BCUT2D eigenvalue weighted by atomic mass is 10.1. The fraction of sp³-hybridized carbons (Fsp3) is 0.625. The van der Waals surface area contributed by atoms with Gasteiger partial charge in [0.25, 0.3) is 0 Å². The van der Waals surface area contributed by atoms with Gasteiger partial charge in [-0.3, -0.25) is 4.90 Å². The van der Waals surface area contributed by atoms with E-state index in [2.05, 4.69) is 16.5 Å². The number of nitrogens with one attached hydrogen (secondary N) is 1. The van der Waals surface area contributed by atoms with Gasteiger partial charge in [-0.05, 0) is 31.9 Å². The molecule has 2 saturated heterocycles. The van der Waals surface area contributed by atoms with Gasteiger partial charge >= 0.3 is 0 Å². The number of hydrogen-bond donors (Lipinski definition) is 1. The summed E-state index contributed by atoms with van der Waals surface area (Å²) in [5, 5.41) is 0. The topological polar surface area (TPSA) is 58.6 Å². The molecule has 0 spiro atoms. The Kier molecular flexibility index (Phi) is 4.82. The van der Waals surface area contributed by atoms with Crippen molar-refractivity contribution < 1.29 is 13.2 Å². The molecule has 2 fully saturated rings. The van der Waals surface area contributed by atoms with Crippen LogP contribution >= 0.6 is 0 Å². The molecule has 1 aromatic rings. The van der Waals surface area contributed by atoms with Crippen LogP contribution < -0.4 is 4.72 Å². The lowest BCUT2D eigenvalue weighted by molar-refractivity contribution is 0.0742. The second kappa shape index (κ2) is 6.66. The highest BCUT2D eigenvalue weighted by Crippen LogP contribution is 2.25. The average Bonchev–Trinajstić information content (AvgIpc) is 3.03. The van der Waals surface area contributed by atoms with Gasteiger partial charge in [-0.15, -0.1) is 0 Å². The van der Waals surface area contributed by atoms with Crippen LogP contribution in [0, 0.1) is 0 Å². The summed E-state index contributed by atoms with van der Waals surface area (Å²) in [5.41, 5.74) is 1.11. The van der Waals surface area contributed by atoms with Crippen molar-refractivity contribution in [2.24, 2.45) is 0 Å². The molecule has 0 aromatic heterocycles. The Labute approximate surface area is 132 Å². The van der Waals surface area contributed by atoms with Crippen molar-refractivity contribution >= 4 is 10.0 Å². The van der Waals surface area contributed by atoms with Crippen LogP contribution in [0.2, 0.25) is 0 Å². The van der Waals surface area contributed by atoms with E-state index in [9.17, 15) is 8.42 Å². The summed E-state index contributed by atoms with van der Waals surface area (Å²) in [6.45, 7) is 4.10. The van der Waals surface area contributed by atoms with E-state index in [0.29, 0.717) is 19.3 Å². The molecule has 2 heterocycles. The van der Waals surface area contributed by atoms with E-state index in [-0.39, 0.29) is 17.8 Å². The predicted molar refractivity (Wildman–Crippen MR) is 86.0 cm³/mol. The van der Waals surface area contributed by atoms with Crippen molar-refractivity contribution in [3.63, 3.8) is 0 Å². The number of likely N-dealkylation sites (tertiary alicyclic amines) is 1. The van der Waals surface area contributed by atoms with Gasteiger partial charge < -0.3 is 4.74 Å². The molecule has 2 aliphatic heterocycles. The molecule has 1 N–H and O–H groups in total. The van der Waals surface area contributed by atoms with Crippen LogP contribution in [0.3, 0.4) is 0 Å². The van der Waals surface area contributed by atoms with E-state index in [1.54, 1.807) is 0 Å². The first-order chi connectivity index (χ1) is 10.6. The molecular formula is C16H24N2O3S. The quantitative estimate of drug-likeness (QED) is 0.888. The molecule has 6 heteroatoms.